The fourth-order valence-corrected chi connectivity index (χ4v) is 2.84. The monoisotopic (exact) mass is 367 g/mol. The van der Waals surface area contributed by atoms with Gasteiger partial charge < -0.3 is 21.5 Å². The van der Waals surface area contributed by atoms with Crippen LogP contribution in [0.15, 0.2) is 23.4 Å². The highest BCUT2D eigenvalue weighted by Crippen LogP contribution is 2.32. The third-order valence-corrected chi connectivity index (χ3v) is 4.50. The lowest BCUT2D eigenvalue weighted by atomic mass is 10.2. The van der Waals surface area contributed by atoms with Crippen LogP contribution in [0.3, 0.4) is 0 Å². The molecule has 0 fully saturated rings. The van der Waals surface area contributed by atoms with Crippen molar-refractivity contribution in [1.29, 1.82) is 0 Å². The largest absolute Gasteiger partial charge is 0.495 e. The predicted octanol–water partition coefficient (Wildman–Crippen LogP) is 2.73. The van der Waals surface area contributed by atoms with Crippen LogP contribution in [0.25, 0.3) is 0 Å². The summed E-state index contributed by atoms with van der Waals surface area (Å²) >= 11 is 7.22. The molecule has 128 valence electrons. The van der Waals surface area contributed by atoms with Crippen LogP contribution < -0.4 is 21.5 Å². The number of thioether (sulfide) groups is 1. The average Bonchev–Trinajstić information content (AvgIpc) is 2.49. The fraction of sp³-hybridized carbons (Fsp3) is 0.267. The number of nitrogens with one attached hydrogen (secondary N) is 1. The van der Waals surface area contributed by atoms with Gasteiger partial charge in [-0.25, -0.2) is 9.97 Å². The van der Waals surface area contributed by atoms with Gasteiger partial charge in [-0.05, 0) is 25.5 Å². The van der Waals surface area contributed by atoms with Crippen molar-refractivity contribution in [1.82, 2.24) is 9.97 Å². The Bertz CT molecular complexity index is 752. The number of nitrogens with two attached hydrogens (primary N) is 2. The molecule has 9 heteroatoms. The molecule has 1 unspecified atom stereocenters. The number of benzene rings is 1. The number of nitrogens with zero attached hydrogens (tertiary/aromatic N) is 2. The number of carbonyl (C=O) groups excluding carboxylic acids is 1. The van der Waals surface area contributed by atoms with E-state index in [-0.39, 0.29) is 17.5 Å². The number of halogens is 1. The zero-order chi connectivity index (χ0) is 17.9. The Morgan fingerprint density at radius 2 is 1.92 bits per heavy atom. The Morgan fingerprint density at radius 3 is 2.50 bits per heavy atom. The minimum atomic E-state index is -0.466. The quantitative estimate of drug-likeness (QED) is 0.549. The van der Waals surface area contributed by atoms with E-state index >= 15 is 0 Å². The number of aromatic nitrogens is 2. The van der Waals surface area contributed by atoms with Crippen LogP contribution in [-0.4, -0.2) is 28.2 Å². The molecule has 0 spiro atoms. The van der Waals surface area contributed by atoms with Crippen LogP contribution in [0.4, 0.5) is 17.3 Å². The van der Waals surface area contributed by atoms with Gasteiger partial charge in [-0.2, -0.15) is 0 Å². The number of ether oxygens (including phenoxy) is 1. The van der Waals surface area contributed by atoms with Crippen LogP contribution in [0.5, 0.6) is 5.75 Å². The molecule has 1 heterocycles. The van der Waals surface area contributed by atoms with Crippen LogP contribution in [0.1, 0.15) is 12.5 Å². The molecule has 1 aromatic carbocycles. The molecule has 7 nitrogen and oxygen atoms in total. The van der Waals surface area contributed by atoms with Gasteiger partial charge in [0.1, 0.15) is 17.4 Å². The van der Waals surface area contributed by atoms with Crippen LogP contribution in [0, 0.1) is 6.92 Å². The van der Waals surface area contributed by atoms with Gasteiger partial charge in [-0.3, -0.25) is 4.79 Å². The van der Waals surface area contributed by atoms with Gasteiger partial charge in [0, 0.05) is 17.2 Å². The molecule has 0 saturated heterocycles. The van der Waals surface area contributed by atoms with E-state index in [0.29, 0.717) is 21.6 Å². The lowest BCUT2D eigenvalue weighted by Gasteiger charge is -2.15. The molecular formula is C15H18ClN5O2S. The maximum Gasteiger partial charge on any atom is 0.237 e. The third-order valence-electron chi connectivity index (χ3n) is 3.14. The molecule has 0 aliphatic heterocycles. The van der Waals surface area contributed by atoms with Crippen molar-refractivity contribution >= 4 is 46.6 Å². The Hall–Kier alpha value is -2.19. The van der Waals surface area contributed by atoms with Crippen molar-refractivity contribution in [3.05, 3.63) is 28.8 Å². The van der Waals surface area contributed by atoms with E-state index in [4.69, 9.17) is 27.8 Å². The smallest absolute Gasteiger partial charge is 0.237 e. The molecule has 2 rings (SSSR count). The molecular weight excluding hydrogens is 350 g/mol. The summed E-state index contributed by atoms with van der Waals surface area (Å²) < 4.78 is 5.25. The van der Waals surface area contributed by atoms with Gasteiger partial charge in [0.15, 0.2) is 5.16 Å². The van der Waals surface area contributed by atoms with Crippen LogP contribution in [-0.2, 0) is 4.79 Å². The van der Waals surface area contributed by atoms with E-state index in [2.05, 4.69) is 15.3 Å². The topological polar surface area (TPSA) is 116 Å². The number of rotatable bonds is 5. The van der Waals surface area contributed by atoms with Crippen molar-refractivity contribution in [3.63, 3.8) is 0 Å². The summed E-state index contributed by atoms with van der Waals surface area (Å²) in [5.41, 5.74) is 12.6. The first-order valence-corrected chi connectivity index (χ1v) is 8.27. The first kappa shape index (κ1) is 18.2. The average molecular weight is 368 g/mol. The molecule has 1 amide bonds. The van der Waals surface area contributed by atoms with Gasteiger partial charge in [0.25, 0.3) is 0 Å². The standard InChI is InChI=1S/C15H18ClN5O2S/c1-7-4-10(11(23-3)5-9(7)16)19-14(22)8(2)24-15-20-12(17)6-13(18)21-15/h4-6,8H,1-3H3,(H,19,22)(H4,17,18,20,21). The molecule has 0 bridgehead atoms. The summed E-state index contributed by atoms with van der Waals surface area (Å²) in [6, 6.07) is 4.87. The SMILES string of the molecule is COc1cc(Cl)c(C)cc1NC(=O)C(C)Sc1nc(N)cc(N)n1. The maximum atomic E-state index is 12.4. The Kier molecular flexibility index (Phi) is 5.74. The van der Waals surface area contributed by atoms with Crippen LogP contribution in [0.2, 0.25) is 5.02 Å². The minimum absolute atomic E-state index is 0.232. The van der Waals surface area contributed by atoms with E-state index in [0.717, 1.165) is 17.3 Å². The van der Waals surface area contributed by atoms with Gasteiger partial charge in [-0.15, -0.1) is 0 Å². The number of methoxy groups -OCH3 is 1. The predicted molar refractivity (Wildman–Crippen MR) is 97.5 cm³/mol. The molecule has 2 aromatic rings. The number of amides is 1. The van der Waals surface area contributed by atoms with Gasteiger partial charge in [0.2, 0.25) is 5.91 Å². The number of nitrogen functional groups attached to an aromatic ring is 2. The van der Waals surface area contributed by atoms with Crippen molar-refractivity contribution in [2.45, 2.75) is 24.3 Å². The molecule has 1 aromatic heterocycles. The number of carbonyl (C=O) groups is 1. The number of hydrogen-bond acceptors (Lipinski definition) is 7. The minimum Gasteiger partial charge on any atom is -0.495 e. The van der Waals surface area contributed by atoms with Gasteiger partial charge in [0.05, 0.1) is 18.0 Å². The second kappa shape index (κ2) is 7.59. The molecule has 0 saturated carbocycles. The van der Waals surface area contributed by atoms with Crippen molar-refractivity contribution < 1.29 is 9.53 Å². The maximum absolute atomic E-state index is 12.4. The highest BCUT2D eigenvalue weighted by Gasteiger charge is 2.19. The second-order valence-electron chi connectivity index (χ2n) is 5.05. The summed E-state index contributed by atoms with van der Waals surface area (Å²) in [4.78, 5) is 20.5. The van der Waals surface area contributed by atoms with E-state index in [1.807, 2.05) is 6.92 Å². The summed E-state index contributed by atoms with van der Waals surface area (Å²) in [5.74, 6) is 0.769. The molecule has 0 aliphatic carbocycles. The summed E-state index contributed by atoms with van der Waals surface area (Å²) in [6.45, 7) is 3.58. The Balaban J connectivity index is 2.13. The zero-order valence-corrected chi connectivity index (χ0v) is 15.0. The normalized spacial score (nSPS) is 11.8. The fourth-order valence-electron chi connectivity index (χ4n) is 1.89. The van der Waals surface area contributed by atoms with E-state index in [1.165, 1.54) is 13.2 Å². The zero-order valence-electron chi connectivity index (χ0n) is 13.5. The van der Waals surface area contributed by atoms with Crippen molar-refractivity contribution in [3.8, 4) is 5.75 Å². The van der Waals surface area contributed by atoms with E-state index in [9.17, 15) is 4.79 Å². The molecule has 0 aliphatic rings. The molecule has 24 heavy (non-hydrogen) atoms. The lowest BCUT2D eigenvalue weighted by molar-refractivity contribution is -0.115. The second-order valence-corrected chi connectivity index (χ2v) is 6.77. The van der Waals surface area contributed by atoms with Crippen molar-refractivity contribution in [2.24, 2.45) is 0 Å². The van der Waals surface area contributed by atoms with E-state index < -0.39 is 5.25 Å². The Labute approximate surface area is 149 Å². The molecule has 1 atom stereocenters. The van der Waals surface area contributed by atoms with E-state index in [1.54, 1.807) is 19.1 Å². The third kappa shape index (κ3) is 4.42. The van der Waals surface area contributed by atoms with Crippen molar-refractivity contribution in [2.75, 3.05) is 23.9 Å². The first-order valence-electron chi connectivity index (χ1n) is 7.02. The number of hydrogen-bond donors (Lipinski definition) is 3. The molecule has 0 radical (unpaired) electrons. The van der Waals surface area contributed by atoms with Crippen LogP contribution >= 0.6 is 23.4 Å². The lowest BCUT2D eigenvalue weighted by Crippen LogP contribution is -2.23. The summed E-state index contributed by atoms with van der Waals surface area (Å²) in [5, 5.41) is 3.26. The number of anilines is 3. The highest BCUT2D eigenvalue weighted by atomic mass is 35.5. The number of aryl methyl sites for hydroxylation is 1. The Morgan fingerprint density at radius 1 is 1.29 bits per heavy atom. The highest BCUT2D eigenvalue weighted by molar-refractivity contribution is 8.00. The summed E-state index contributed by atoms with van der Waals surface area (Å²) in [6.07, 6.45) is 0. The van der Waals surface area contributed by atoms with Gasteiger partial charge >= 0.3 is 0 Å². The summed E-state index contributed by atoms with van der Waals surface area (Å²) in [7, 11) is 1.51. The first-order chi connectivity index (χ1) is 11.3. The molecule has 5 N–H and O–H groups in total. The van der Waals surface area contributed by atoms with Gasteiger partial charge in [-0.1, -0.05) is 23.4 Å².